The summed E-state index contributed by atoms with van der Waals surface area (Å²) in [5, 5.41) is 0. The molecule has 4 aromatic rings. The summed E-state index contributed by atoms with van der Waals surface area (Å²) in [6.07, 6.45) is 6.69. The van der Waals surface area contributed by atoms with Crippen LogP contribution in [0.2, 0.25) is 0 Å². The van der Waals surface area contributed by atoms with Gasteiger partial charge in [0.2, 0.25) is 0 Å². The van der Waals surface area contributed by atoms with E-state index in [9.17, 15) is 0 Å². The summed E-state index contributed by atoms with van der Waals surface area (Å²) >= 11 is 0. The van der Waals surface area contributed by atoms with Crippen LogP contribution in [0.1, 0.15) is 30.9 Å². The summed E-state index contributed by atoms with van der Waals surface area (Å²) in [4.78, 5) is 9.18. The third-order valence-corrected chi connectivity index (χ3v) is 6.11. The minimum absolute atomic E-state index is 0. The van der Waals surface area contributed by atoms with Crippen LogP contribution in [-0.4, -0.2) is 16.4 Å². The monoisotopic (exact) mass is 641 g/mol. The maximum Gasteiger partial charge on any atom is 0.186 e. The Kier molecular flexibility index (Phi) is 8.25. The molecule has 35 heavy (non-hydrogen) atoms. The van der Waals surface area contributed by atoms with Gasteiger partial charge in [-0.2, -0.15) is 37.0 Å². The van der Waals surface area contributed by atoms with Crippen LogP contribution in [0.15, 0.2) is 83.5 Å². The second kappa shape index (κ2) is 11.6. The molecule has 5 heteroatoms. The van der Waals surface area contributed by atoms with Crippen LogP contribution in [-0.2, 0) is 40.3 Å². The van der Waals surface area contributed by atoms with Crippen molar-refractivity contribution in [2.75, 3.05) is 11.4 Å². The average molecular weight is 642 g/mol. The van der Waals surface area contributed by atoms with Gasteiger partial charge in [-0.15, -0.1) is 41.6 Å². The Bertz CT molecular complexity index is 1250. The summed E-state index contributed by atoms with van der Waals surface area (Å²) in [7, 11) is 0. The smallest absolute Gasteiger partial charge is 0.186 e. The Labute approximate surface area is 222 Å². The zero-order valence-electron chi connectivity index (χ0n) is 20.0. The minimum atomic E-state index is 0. The number of oxazole rings is 1. The van der Waals surface area contributed by atoms with Crippen LogP contribution in [0, 0.1) is 18.8 Å². The molecule has 4 nitrogen and oxygen atoms in total. The molecule has 0 aliphatic carbocycles. The molecule has 1 aliphatic rings. The second-order valence-corrected chi connectivity index (χ2v) is 8.28. The van der Waals surface area contributed by atoms with Gasteiger partial charge in [0, 0.05) is 38.7 Å². The van der Waals surface area contributed by atoms with Crippen molar-refractivity contribution in [1.82, 2.24) is 9.88 Å². The molecule has 5 rings (SSSR count). The van der Waals surface area contributed by atoms with E-state index in [1.54, 1.807) is 0 Å². The number of para-hydroxylation sites is 1. The molecule has 1 aromatic heterocycles. The molecule has 0 unspecified atom stereocenters. The van der Waals surface area contributed by atoms with Crippen LogP contribution in [0.4, 0.5) is 5.69 Å². The molecule has 0 amide bonds. The van der Waals surface area contributed by atoms with E-state index in [-0.39, 0.29) is 21.1 Å². The Morgan fingerprint density at radius 1 is 0.886 bits per heavy atom. The molecule has 2 heterocycles. The average Bonchev–Trinajstić information content (AvgIpc) is 3.55. The van der Waals surface area contributed by atoms with Crippen LogP contribution < -0.4 is 4.90 Å². The predicted octanol–water partition coefficient (Wildman–Crippen LogP) is 6.69. The third-order valence-electron chi connectivity index (χ3n) is 6.11. The van der Waals surface area contributed by atoms with Crippen molar-refractivity contribution in [3.05, 3.63) is 115 Å². The van der Waals surface area contributed by atoms with Crippen molar-refractivity contribution >= 4 is 5.69 Å². The maximum absolute atomic E-state index is 6.50. The summed E-state index contributed by atoms with van der Waals surface area (Å²) in [5.41, 5.74) is 6.59. The Balaban J connectivity index is 0.00000289. The molecule has 3 aromatic carbocycles. The van der Waals surface area contributed by atoms with Gasteiger partial charge in [-0.1, -0.05) is 32.0 Å². The topological polar surface area (TPSA) is 32.5 Å². The van der Waals surface area contributed by atoms with E-state index in [0.29, 0.717) is 6.42 Å². The second-order valence-electron chi connectivity index (χ2n) is 8.28. The third kappa shape index (κ3) is 5.44. The van der Waals surface area contributed by atoms with Gasteiger partial charge in [0.05, 0.1) is 0 Å². The van der Waals surface area contributed by atoms with Gasteiger partial charge in [0.25, 0.3) is 0 Å². The Hall–Kier alpha value is -3.10. The number of hydrogen-bond donors (Lipinski definition) is 0. The fourth-order valence-electron chi connectivity index (χ4n) is 4.34. The molecule has 0 atom stereocenters. The first-order valence-corrected chi connectivity index (χ1v) is 11.9. The van der Waals surface area contributed by atoms with E-state index in [4.69, 9.17) is 9.40 Å². The first kappa shape index (κ1) is 25.0. The van der Waals surface area contributed by atoms with Crippen molar-refractivity contribution in [3.8, 4) is 22.6 Å². The first-order chi connectivity index (χ1) is 16.8. The van der Waals surface area contributed by atoms with Gasteiger partial charge in [0.1, 0.15) is 5.76 Å². The molecule has 0 saturated heterocycles. The van der Waals surface area contributed by atoms with E-state index in [1.807, 2.05) is 48.7 Å². The molecule has 0 fully saturated rings. The summed E-state index contributed by atoms with van der Waals surface area (Å²) < 4.78 is 6.50. The zero-order chi connectivity index (χ0) is 23.3. The number of anilines is 1. The van der Waals surface area contributed by atoms with Gasteiger partial charge in [-0.25, -0.2) is 0 Å². The number of aryl methyl sites for hydroxylation is 2. The summed E-state index contributed by atoms with van der Waals surface area (Å²) in [5.74, 6) is 1.59. The van der Waals surface area contributed by atoms with E-state index >= 15 is 0 Å². The normalized spacial score (nSPS) is 12.7. The van der Waals surface area contributed by atoms with Crippen LogP contribution in [0.3, 0.4) is 0 Å². The molecule has 182 valence electrons. The van der Waals surface area contributed by atoms with Crippen LogP contribution >= 0.6 is 0 Å². The molecule has 0 N–H and O–H groups in total. The van der Waals surface area contributed by atoms with Crippen molar-refractivity contribution in [3.63, 3.8) is 0 Å². The van der Waals surface area contributed by atoms with Crippen molar-refractivity contribution in [1.29, 1.82) is 0 Å². The quantitative estimate of drug-likeness (QED) is 0.201. The van der Waals surface area contributed by atoms with Crippen molar-refractivity contribution in [2.45, 2.75) is 33.1 Å². The predicted molar refractivity (Wildman–Crippen MR) is 137 cm³/mol. The van der Waals surface area contributed by atoms with Gasteiger partial charge in [0.15, 0.2) is 5.89 Å². The standard InChI is InChI=1S/C30H28N3O.Pt/c1-3-23-14-11-15-24(4-2)28(23)30-29(25-12-7-5-8-13-25)31-27(34-30)18-19-32-20-21-33(22-32)26-16-9-6-10-17-26;/h5-12,14-16,20-22H,3-4,18-19H2,1-2H3;/q-3;. The molecule has 0 saturated carbocycles. The number of nitrogens with zero attached hydrogens (tertiary/aromatic N) is 3. The van der Waals surface area contributed by atoms with Crippen molar-refractivity contribution in [2.24, 2.45) is 0 Å². The molecule has 0 radical (unpaired) electrons. The molecular weight excluding hydrogens is 613 g/mol. The van der Waals surface area contributed by atoms with Gasteiger partial charge < -0.3 is 14.2 Å². The Morgan fingerprint density at radius 2 is 1.63 bits per heavy atom. The molecular formula is C30H28N3OPt-3. The van der Waals surface area contributed by atoms with E-state index < -0.39 is 0 Å². The number of hydrogen-bond acceptors (Lipinski definition) is 4. The molecule has 1 aliphatic heterocycles. The SMILES string of the molecule is CCc1cccc(CC)c1-c1oc(CCN2C=CN(c3[c-]cccc3)[CH-]2)nc1-c1[c-]cccc1.[Pt]. The Morgan fingerprint density at radius 3 is 2.29 bits per heavy atom. The van der Waals surface area contributed by atoms with Crippen molar-refractivity contribution < 1.29 is 25.5 Å². The van der Waals surface area contributed by atoms with Crippen LogP contribution in [0.25, 0.3) is 22.6 Å². The zero-order valence-corrected chi connectivity index (χ0v) is 22.2. The fourth-order valence-corrected chi connectivity index (χ4v) is 4.34. The summed E-state index contributed by atoms with van der Waals surface area (Å²) in [6, 6.07) is 29.1. The maximum atomic E-state index is 6.50. The number of aromatic nitrogens is 1. The van der Waals surface area contributed by atoms with Gasteiger partial charge in [-0.05, 0) is 42.9 Å². The number of rotatable bonds is 8. The molecule has 0 spiro atoms. The van der Waals surface area contributed by atoms with Gasteiger partial charge in [-0.3, -0.25) is 4.98 Å². The van der Waals surface area contributed by atoms with E-state index in [0.717, 1.165) is 48.0 Å². The minimum Gasteiger partial charge on any atom is -0.507 e. The van der Waals surface area contributed by atoms with Crippen LogP contribution in [0.5, 0.6) is 0 Å². The summed E-state index contributed by atoms with van der Waals surface area (Å²) in [6.45, 7) is 7.22. The van der Waals surface area contributed by atoms with E-state index in [2.05, 4.69) is 72.9 Å². The molecule has 0 bridgehead atoms. The number of benzene rings is 3. The fraction of sp³-hybridized carbons (Fsp3) is 0.200. The first-order valence-electron chi connectivity index (χ1n) is 11.9. The largest absolute Gasteiger partial charge is 0.507 e. The van der Waals surface area contributed by atoms with Gasteiger partial charge >= 0.3 is 0 Å². The van der Waals surface area contributed by atoms with E-state index in [1.165, 1.54) is 16.7 Å².